The van der Waals surface area contributed by atoms with E-state index in [1.54, 1.807) is 11.3 Å². The van der Waals surface area contributed by atoms with Gasteiger partial charge in [0.1, 0.15) is 5.01 Å². The van der Waals surface area contributed by atoms with Crippen molar-refractivity contribution < 1.29 is 0 Å². The summed E-state index contributed by atoms with van der Waals surface area (Å²) in [7, 11) is 0. The summed E-state index contributed by atoms with van der Waals surface area (Å²) in [5.74, 6) is 0. The Balaban J connectivity index is 1.13. The number of hydrogen-bond acceptors (Lipinski definition) is 3. The second kappa shape index (κ2) is 10.7. The van der Waals surface area contributed by atoms with Crippen LogP contribution in [0.25, 0.3) is 65.3 Å². The molecule has 0 fully saturated rings. The van der Waals surface area contributed by atoms with Gasteiger partial charge in [0.2, 0.25) is 0 Å². The highest BCUT2D eigenvalue weighted by Gasteiger charge is 2.52. The Morgan fingerprint density at radius 3 is 1.75 bits per heavy atom. The fraction of sp³-hybridized carbons (Fsp3) is 0.0200. The minimum absolute atomic E-state index is 0.407. The molecule has 0 radical (unpaired) electrons. The molecule has 246 valence electrons. The molecule has 0 N–H and O–H groups in total. The van der Waals surface area contributed by atoms with E-state index in [2.05, 4.69) is 187 Å². The third-order valence-corrected chi connectivity index (χ3v) is 12.8. The van der Waals surface area contributed by atoms with Crippen LogP contribution in [0.5, 0.6) is 0 Å². The van der Waals surface area contributed by atoms with Crippen molar-refractivity contribution in [3.05, 3.63) is 204 Å². The van der Waals surface area contributed by atoms with E-state index in [0.717, 1.165) is 27.6 Å². The van der Waals surface area contributed by atoms with Crippen LogP contribution < -0.4 is 4.90 Å². The smallest absolute Gasteiger partial charge is 0.124 e. The largest absolute Gasteiger partial charge is 0.309 e. The molecule has 0 unspecified atom stereocenters. The first-order chi connectivity index (χ1) is 26.3. The molecule has 1 heterocycles. The number of benzene rings is 8. The molecule has 12 rings (SSSR count). The van der Waals surface area contributed by atoms with Crippen molar-refractivity contribution in [3.8, 4) is 54.5 Å². The van der Waals surface area contributed by atoms with Gasteiger partial charge >= 0.3 is 0 Å². The lowest BCUT2D eigenvalue weighted by Gasteiger charge is -2.32. The maximum absolute atomic E-state index is 5.25. The Kier molecular flexibility index (Phi) is 5.89. The number of thiazole rings is 1. The molecule has 1 aromatic heterocycles. The lowest BCUT2D eigenvalue weighted by molar-refractivity contribution is 0.794. The van der Waals surface area contributed by atoms with Gasteiger partial charge in [-0.05, 0) is 63.2 Å². The molecule has 0 bridgehead atoms. The summed E-state index contributed by atoms with van der Waals surface area (Å²) in [6.45, 7) is 0. The van der Waals surface area contributed by atoms with Gasteiger partial charge in [0.25, 0.3) is 0 Å². The standard InChI is InChI=1S/C50H30N2S/c1-3-15-31(16-4-1)49-51-47-37-29-30-43(36-22-13-23-38(45(36)37)48(47)53-49)52(32-17-5-2-6-18-32)44-28-14-27-42-46(44)35-21-9-12-26-41(35)50(42)39-24-10-7-19-33(39)34-20-8-11-25-40(34)50/h1-30H. The highest BCUT2D eigenvalue weighted by atomic mass is 32.1. The van der Waals surface area contributed by atoms with Gasteiger partial charge in [-0.1, -0.05) is 158 Å². The summed E-state index contributed by atoms with van der Waals surface area (Å²) in [6, 6.07) is 67.0. The monoisotopic (exact) mass is 690 g/mol. The molecule has 8 aromatic carbocycles. The zero-order valence-corrected chi connectivity index (χ0v) is 29.4. The molecular formula is C50H30N2S. The van der Waals surface area contributed by atoms with Gasteiger partial charge in [-0.25, -0.2) is 4.98 Å². The van der Waals surface area contributed by atoms with Crippen LogP contribution >= 0.6 is 11.3 Å². The van der Waals surface area contributed by atoms with Crippen LogP contribution in [0, 0.1) is 0 Å². The van der Waals surface area contributed by atoms with Crippen molar-refractivity contribution in [1.82, 2.24) is 4.98 Å². The van der Waals surface area contributed by atoms with E-state index in [-0.39, 0.29) is 0 Å². The molecule has 2 nitrogen and oxygen atoms in total. The maximum atomic E-state index is 5.25. The number of aromatic nitrogens is 1. The van der Waals surface area contributed by atoms with E-state index in [1.807, 2.05) is 0 Å². The van der Waals surface area contributed by atoms with Crippen molar-refractivity contribution in [2.45, 2.75) is 5.41 Å². The quantitative estimate of drug-likeness (QED) is 0.183. The molecule has 0 saturated carbocycles. The number of hydrogen-bond donors (Lipinski definition) is 0. The van der Waals surface area contributed by atoms with E-state index < -0.39 is 5.41 Å². The number of nitrogens with zero attached hydrogens (tertiary/aromatic N) is 2. The van der Waals surface area contributed by atoms with Gasteiger partial charge in [-0.15, -0.1) is 11.3 Å². The molecule has 53 heavy (non-hydrogen) atoms. The van der Waals surface area contributed by atoms with E-state index in [9.17, 15) is 0 Å². The minimum Gasteiger partial charge on any atom is -0.309 e. The van der Waals surface area contributed by atoms with Gasteiger partial charge in [0, 0.05) is 38.7 Å². The van der Waals surface area contributed by atoms with E-state index in [1.165, 1.54) is 77.0 Å². The normalized spacial score (nSPS) is 13.4. The van der Waals surface area contributed by atoms with Crippen molar-refractivity contribution >= 4 is 39.2 Å². The maximum Gasteiger partial charge on any atom is 0.124 e. The van der Waals surface area contributed by atoms with E-state index in [4.69, 9.17) is 4.98 Å². The van der Waals surface area contributed by atoms with Gasteiger partial charge in [-0.3, -0.25) is 0 Å². The van der Waals surface area contributed by atoms with Gasteiger partial charge in [0.05, 0.1) is 27.4 Å². The highest BCUT2D eigenvalue weighted by Crippen LogP contribution is 2.65. The molecule has 3 aliphatic carbocycles. The van der Waals surface area contributed by atoms with Gasteiger partial charge in [0.15, 0.2) is 0 Å². The summed E-state index contributed by atoms with van der Waals surface area (Å²) in [5, 5.41) is 3.57. The Morgan fingerprint density at radius 2 is 1.02 bits per heavy atom. The van der Waals surface area contributed by atoms with Crippen molar-refractivity contribution in [1.29, 1.82) is 0 Å². The highest BCUT2D eigenvalue weighted by molar-refractivity contribution is 7.19. The summed E-state index contributed by atoms with van der Waals surface area (Å²) >= 11 is 1.80. The van der Waals surface area contributed by atoms with Crippen LogP contribution in [0.3, 0.4) is 0 Å². The Bertz CT molecular complexity index is 2890. The summed E-state index contributed by atoms with van der Waals surface area (Å²) in [6.07, 6.45) is 0. The van der Waals surface area contributed by atoms with Crippen molar-refractivity contribution in [3.63, 3.8) is 0 Å². The zero-order valence-electron chi connectivity index (χ0n) is 28.6. The van der Waals surface area contributed by atoms with Crippen molar-refractivity contribution in [2.75, 3.05) is 4.90 Å². The molecule has 1 spiro atoms. The molecule has 9 aromatic rings. The topological polar surface area (TPSA) is 16.1 Å². The third-order valence-electron chi connectivity index (χ3n) is 11.7. The molecule has 0 atom stereocenters. The Labute approximate surface area is 311 Å². The molecule has 3 aliphatic rings. The SMILES string of the molecule is c1ccc(-c2nc3c(s2)-c2cccc4c(N(c5ccccc5)c5cccc6c5-c5ccccc5C65c6ccccc6-c6ccccc65)ccc-3c24)cc1. The minimum atomic E-state index is -0.407. The van der Waals surface area contributed by atoms with Gasteiger partial charge < -0.3 is 4.90 Å². The Hall–Kier alpha value is -6.55. The number of fused-ring (bicyclic) bond motifs is 13. The molecular weight excluding hydrogens is 661 g/mol. The average molecular weight is 691 g/mol. The third kappa shape index (κ3) is 3.74. The van der Waals surface area contributed by atoms with Crippen LogP contribution in [0.1, 0.15) is 22.3 Å². The van der Waals surface area contributed by atoms with Crippen LogP contribution in [-0.4, -0.2) is 4.98 Å². The molecule has 0 saturated heterocycles. The lowest BCUT2D eigenvalue weighted by atomic mass is 9.70. The lowest BCUT2D eigenvalue weighted by Crippen LogP contribution is -2.26. The van der Waals surface area contributed by atoms with Gasteiger partial charge in [-0.2, -0.15) is 0 Å². The van der Waals surface area contributed by atoms with E-state index >= 15 is 0 Å². The zero-order chi connectivity index (χ0) is 34.7. The predicted octanol–water partition coefficient (Wildman–Crippen LogP) is 13.4. The van der Waals surface area contributed by atoms with Crippen LogP contribution in [-0.2, 0) is 5.41 Å². The van der Waals surface area contributed by atoms with E-state index in [0.29, 0.717) is 0 Å². The first-order valence-corrected chi connectivity index (χ1v) is 19.0. The fourth-order valence-corrected chi connectivity index (χ4v) is 10.8. The van der Waals surface area contributed by atoms with Crippen LogP contribution in [0.2, 0.25) is 0 Å². The van der Waals surface area contributed by atoms with Crippen LogP contribution in [0.15, 0.2) is 182 Å². The summed E-state index contributed by atoms with van der Waals surface area (Å²) in [4.78, 5) is 9.00. The van der Waals surface area contributed by atoms with Crippen LogP contribution in [0.4, 0.5) is 17.1 Å². The molecule has 0 aliphatic heterocycles. The average Bonchev–Trinajstić information content (AvgIpc) is 3.96. The number of para-hydroxylation sites is 1. The first-order valence-electron chi connectivity index (χ1n) is 18.2. The summed E-state index contributed by atoms with van der Waals surface area (Å²) < 4.78 is 0. The Morgan fingerprint density at radius 1 is 0.434 bits per heavy atom. The second-order valence-corrected chi connectivity index (χ2v) is 15.2. The molecule has 0 amide bonds. The number of rotatable bonds is 4. The molecule has 3 heteroatoms. The van der Waals surface area contributed by atoms with Crippen molar-refractivity contribution in [2.24, 2.45) is 0 Å². The number of anilines is 3. The second-order valence-electron chi connectivity index (χ2n) is 14.2. The first kappa shape index (κ1) is 29.1. The summed E-state index contributed by atoms with van der Waals surface area (Å²) in [5.41, 5.74) is 18.4. The predicted molar refractivity (Wildman–Crippen MR) is 220 cm³/mol. The fourth-order valence-electron chi connectivity index (χ4n) is 9.66.